The van der Waals surface area contributed by atoms with E-state index >= 15 is 0 Å². The fraction of sp³-hybridized carbons (Fsp3) is 0.475. The fourth-order valence-electron chi connectivity index (χ4n) is 8.74. The first-order valence-electron chi connectivity index (χ1n) is 17.8. The lowest BCUT2D eigenvalue weighted by molar-refractivity contribution is -0.149. The molecule has 53 heavy (non-hydrogen) atoms. The molecule has 0 spiro atoms. The molecule has 2 unspecified atom stereocenters. The number of ether oxygens (including phenoxy) is 7. The van der Waals surface area contributed by atoms with Gasteiger partial charge in [-0.2, -0.15) is 5.26 Å². The second-order valence-corrected chi connectivity index (χ2v) is 14.2. The van der Waals surface area contributed by atoms with Crippen LogP contribution < -0.4 is 23.7 Å². The van der Waals surface area contributed by atoms with Gasteiger partial charge in [0.25, 0.3) is 0 Å². The van der Waals surface area contributed by atoms with Gasteiger partial charge in [-0.1, -0.05) is 36.4 Å². The molecule has 1 fully saturated rings. The van der Waals surface area contributed by atoms with Crippen molar-refractivity contribution in [1.82, 2.24) is 9.80 Å². The Balaban J connectivity index is 1.38. The van der Waals surface area contributed by atoms with E-state index in [1.165, 1.54) is 0 Å². The number of nitriles is 1. The monoisotopic (exact) mass is 745 g/mol. The van der Waals surface area contributed by atoms with Crippen molar-refractivity contribution in [3.63, 3.8) is 0 Å². The molecule has 13 heteroatoms. The molecule has 3 aromatic rings. The van der Waals surface area contributed by atoms with Crippen molar-refractivity contribution in [2.45, 2.75) is 76.2 Å². The number of likely N-dealkylation sites (N-methyl/N-ethyl adjacent to an activating group) is 1. The van der Waals surface area contributed by atoms with E-state index in [1.54, 1.807) is 14.2 Å². The van der Waals surface area contributed by atoms with Crippen molar-refractivity contribution < 1.29 is 42.7 Å². The topological polar surface area (TPSA) is 129 Å². The molecule has 280 valence electrons. The zero-order valence-corrected chi connectivity index (χ0v) is 31.4. The summed E-state index contributed by atoms with van der Waals surface area (Å²) in [5.41, 5.74) is 5.98. The third-order valence-electron chi connectivity index (χ3n) is 10.9. The predicted octanol–water partition coefficient (Wildman–Crippen LogP) is 5.51. The van der Waals surface area contributed by atoms with Gasteiger partial charge in [-0.05, 0) is 56.8 Å². The Morgan fingerprint density at radius 2 is 1.75 bits per heavy atom. The summed E-state index contributed by atoms with van der Waals surface area (Å²) in [7, 11) is 5.22. The van der Waals surface area contributed by atoms with Crippen LogP contribution in [-0.4, -0.2) is 87.2 Å². The number of carbonyl (C=O) groups is 2. The molecule has 4 aliphatic heterocycles. The van der Waals surface area contributed by atoms with E-state index in [1.807, 2.05) is 51.2 Å². The highest BCUT2D eigenvalue weighted by Gasteiger charge is 2.57. The Morgan fingerprint density at radius 3 is 2.47 bits per heavy atom. The van der Waals surface area contributed by atoms with Crippen molar-refractivity contribution in [1.29, 1.82) is 5.26 Å². The van der Waals surface area contributed by atoms with Crippen LogP contribution in [0.25, 0.3) is 0 Å². The SMILES string of the molecule is COCOc1c(OC)c(C)cc2c1[C@H]1C3Cc4c(OC(=O)CCCl)c(C)c5c(c4[C@H](COC(=O)CCc4ccccc4)N3C(C#N)[C@@H](C2)N1C)OCO5. The third-order valence-corrected chi connectivity index (χ3v) is 11.1. The van der Waals surface area contributed by atoms with Crippen LogP contribution >= 0.6 is 11.6 Å². The number of rotatable bonds is 12. The number of aryl methyl sites for hydroxylation is 2. The van der Waals surface area contributed by atoms with Crippen LogP contribution in [0.2, 0.25) is 0 Å². The van der Waals surface area contributed by atoms with Crippen molar-refractivity contribution in [3.8, 4) is 34.8 Å². The van der Waals surface area contributed by atoms with Gasteiger partial charge in [0.1, 0.15) is 18.4 Å². The standard InChI is InChI=1S/C40H44ClN3O9/c1-22-15-25-16-27-29(18-42)44-28(35(43(27)3)33(25)39(36(22)48-5)50-20-47-4)17-26-34(30(44)19-49-31(45)12-11-24-9-7-6-8-10-24)40-38(51-21-52-40)23(2)37(26)53-32(46)13-14-41/h6-10,15,27-30,35H,11-14,16-17,19-21H2,1-5H3/t27-,28?,29?,30+,35-/m1/s1. The second kappa shape index (κ2) is 15.4. The summed E-state index contributed by atoms with van der Waals surface area (Å²) in [4.78, 5) is 30.9. The van der Waals surface area contributed by atoms with E-state index in [0.29, 0.717) is 59.1 Å². The fourth-order valence-corrected chi connectivity index (χ4v) is 8.90. The molecule has 4 heterocycles. The third kappa shape index (κ3) is 6.54. The summed E-state index contributed by atoms with van der Waals surface area (Å²) in [6, 6.07) is 12.4. The molecule has 0 N–H and O–H groups in total. The van der Waals surface area contributed by atoms with Crippen LogP contribution in [0.3, 0.4) is 0 Å². The van der Waals surface area contributed by atoms with Crippen molar-refractivity contribution in [2.24, 2.45) is 0 Å². The molecule has 1 saturated heterocycles. The molecule has 2 bridgehead atoms. The maximum absolute atomic E-state index is 13.4. The molecular formula is C40H44ClN3O9. The number of fused-ring (bicyclic) bond motifs is 9. The summed E-state index contributed by atoms with van der Waals surface area (Å²) < 4.78 is 41.9. The predicted molar refractivity (Wildman–Crippen MR) is 194 cm³/mol. The number of alkyl halides is 1. The highest BCUT2D eigenvalue weighted by molar-refractivity contribution is 6.18. The Labute approximate surface area is 314 Å². The van der Waals surface area contributed by atoms with E-state index in [4.69, 9.17) is 44.8 Å². The number of hydrogen-bond donors (Lipinski definition) is 0. The molecule has 0 radical (unpaired) electrons. The summed E-state index contributed by atoms with van der Waals surface area (Å²) in [6.07, 6.45) is 1.66. The zero-order chi connectivity index (χ0) is 37.4. The number of benzene rings is 3. The van der Waals surface area contributed by atoms with Gasteiger partial charge in [0.2, 0.25) is 6.79 Å². The minimum atomic E-state index is -0.647. The maximum atomic E-state index is 13.4. The molecule has 0 amide bonds. The summed E-state index contributed by atoms with van der Waals surface area (Å²) in [5, 5.41) is 11.0. The van der Waals surface area contributed by atoms with Crippen LogP contribution in [0, 0.1) is 25.2 Å². The number of hydrogen-bond acceptors (Lipinski definition) is 12. The van der Waals surface area contributed by atoms with Crippen LogP contribution in [0.5, 0.6) is 28.7 Å². The summed E-state index contributed by atoms with van der Waals surface area (Å²) in [6.45, 7) is 3.73. The average Bonchev–Trinajstić information content (AvgIpc) is 3.65. The first-order valence-corrected chi connectivity index (χ1v) is 18.4. The summed E-state index contributed by atoms with van der Waals surface area (Å²) in [5.74, 6) is 1.77. The first kappa shape index (κ1) is 36.8. The van der Waals surface area contributed by atoms with E-state index < -0.39 is 18.1 Å². The normalized spacial score (nSPS) is 22.5. The van der Waals surface area contributed by atoms with Gasteiger partial charge >= 0.3 is 11.9 Å². The maximum Gasteiger partial charge on any atom is 0.312 e. The molecule has 0 saturated carbocycles. The molecule has 5 atom stereocenters. The first-order chi connectivity index (χ1) is 25.7. The molecule has 4 aliphatic rings. The molecule has 7 rings (SSSR count). The van der Waals surface area contributed by atoms with Gasteiger partial charge in [0, 0.05) is 53.7 Å². The van der Waals surface area contributed by atoms with Crippen molar-refractivity contribution >= 4 is 23.5 Å². The average molecular weight is 746 g/mol. The van der Waals surface area contributed by atoms with Crippen LogP contribution in [0.15, 0.2) is 36.4 Å². The van der Waals surface area contributed by atoms with Gasteiger partial charge in [-0.3, -0.25) is 19.4 Å². The largest absolute Gasteiger partial charge is 0.493 e. The van der Waals surface area contributed by atoms with Crippen LogP contribution in [-0.2, 0) is 38.3 Å². The molecule has 3 aromatic carbocycles. The lowest BCUT2D eigenvalue weighted by atomic mass is 9.71. The molecule has 0 aliphatic carbocycles. The lowest BCUT2D eigenvalue weighted by Gasteiger charge is -2.59. The zero-order valence-electron chi connectivity index (χ0n) is 30.6. The second-order valence-electron chi connectivity index (χ2n) is 13.9. The minimum absolute atomic E-state index is 0.00898. The van der Waals surface area contributed by atoms with E-state index in [9.17, 15) is 14.9 Å². The van der Waals surface area contributed by atoms with Gasteiger partial charge in [-0.25, -0.2) is 0 Å². The number of esters is 2. The van der Waals surface area contributed by atoms with Gasteiger partial charge in [0.05, 0.1) is 31.7 Å². The van der Waals surface area contributed by atoms with Gasteiger partial charge in [-0.15, -0.1) is 11.6 Å². The minimum Gasteiger partial charge on any atom is -0.493 e. The van der Waals surface area contributed by atoms with Gasteiger partial charge < -0.3 is 33.2 Å². The van der Waals surface area contributed by atoms with Gasteiger partial charge in [0.15, 0.2) is 29.8 Å². The van der Waals surface area contributed by atoms with Crippen LogP contribution in [0.1, 0.15) is 63.9 Å². The van der Waals surface area contributed by atoms with Crippen LogP contribution in [0.4, 0.5) is 0 Å². The summed E-state index contributed by atoms with van der Waals surface area (Å²) >= 11 is 5.96. The van der Waals surface area contributed by atoms with E-state index in [0.717, 1.165) is 27.8 Å². The molecule has 12 nitrogen and oxygen atoms in total. The number of nitrogens with zero attached hydrogens (tertiary/aromatic N) is 3. The highest BCUT2D eigenvalue weighted by atomic mass is 35.5. The smallest absolute Gasteiger partial charge is 0.312 e. The lowest BCUT2D eigenvalue weighted by Crippen LogP contribution is -2.68. The van der Waals surface area contributed by atoms with Crippen molar-refractivity contribution in [2.75, 3.05) is 47.3 Å². The molecular weight excluding hydrogens is 702 g/mol. The Hall–Kier alpha value is -4.54. The number of halogens is 1. The number of methoxy groups -OCH3 is 2. The Kier molecular flexibility index (Phi) is 10.7. The number of piperazine rings is 1. The Bertz CT molecular complexity index is 1930. The van der Waals surface area contributed by atoms with Crippen molar-refractivity contribution in [3.05, 3.63) is 75.3 Å². The van der Waals surface area contributed by atoms with E-state index in [2.05, 4.69) is 21.9 Å². The quantitative estimate of drug-likeness (QED) is 0.100. The Morgan fingerprint density at radius 1 is 0.981 bits per heavy atom. The highest BCUT2D eigenvalue weighted by Crippen LogP contribution is 2.58. The number of carbonyl (C=O) groups excluding carboxylic acids is 2. The molecule has 0 aromatic heterocycles. The van der Waals surface area contributed by atoms with E-state index in [-0.39, 0.29) is 63.0 Å².